The highest BCUT2D eigenvalue weighted by Crippen LogP contribution is 2.24. The van der Waals surface area contributed by atoms with Gasteiger partial charge in [-0.05, 0) is 44.6 Å². The SMILES string of the molecule is CCC(N)Cc1ccc(N(C)CCN(C)C)cc1Br. The fourth-order valence-electron chi connectivity index (χ4n) is 1.85. The van der Waals surface area contributed by atoms with Crippen LogP contribution in [0.2, 0.25) is 0 Å². The summed E-state index contributed by atoms with van der Waals surface area (Å²) in [5.41, 5.74) is 8.55. The Morgan fingerprint density at radius 3 is 2.42 bits per heavy atom. The van der Waals surface area contributed by atoms with Crippen molar-refractivity contribution in [1.29, 1.82) is 0 Å². The average molecular weight is 328 g/mol. The van der Waals surface area contributed by atoms with E-state index in [2.05, 4.69) is 72.0 Å². The van der Waals surface area contributed by atoms with Crippen molar-refractivity contribution >= 4 is 21.6 Å². The zero-order valence-electron chi connectivity index (χ0n) is 12.5. The summed E-state index contributed by atoms with van der Waals surface area (Å²) < 4.78 is 1.16. The molecule has 1 atom stereocenters. The van der Waals surface area contributed by atoms with Gasteiger partial charge in [-0.15, -0.1) is 0 Å². The summed E-state index contributed by atoms with van der Waals surface area (Å²) in [5.74, 6) is 0. The van der Waals surface area contributed by atoms with Gasteiger partial charge in [0.2, 0.25) is 0 Å². The maximum atomic E-state index is 6.02. The molecule has 0 heterocycles. The molecule has 0 spiro atoms. The number of nitrogens with two attached hydrogens (primary N) is 1. The van der Waals surface area contributed by atoms with Gasteiger partial charge in [-0.2, -0.15) is 0 Å². The van der Waals surface area contributed by atoms with Gasteiger partial charge in [0, 0.05) is 36.3 Å². The fourth-order valence-corrected chi connectivity index (χ4v) is 2.37. The Morgan fingerprint density at radius 1 is 1.21 bits per heavy atom. The third-order valence-electron chi connectivity index (χ3n) is 3.37. The third kappa shape index (κ3) is 5.51. The standard InChI is InChI=1S/C15H26BrN3/c1-5-13(17)10-12-6-7-14(11-15(12)16)19(4)9-8-18(2)3/h6-7,11,13H,5,8-10,17H2,1-4H3. The maximum absolute atomic E-state index is 6.02. The second kappa shape index (κ2) is 7.88. The highest BCUT2D eigenvalue weighted by atomic mass is 79.9. The first-order valence-electron chi connectivity index (χ1n) is 6.84. The summed E-state index contributed by atoms with van der Waals surface area (Å²) in [7, 11) is 6.32. The largest absolute Gasteiger partial charge is 0.373 e. The molecule has 4 heteroatoms. The second-order valence-electron chi connectivity index (χ2n) is 5.37. The zero-order valence-corrected chi connectivity index (χ0v) is 14.1. The van der Waals surface area contributed by atoms with Crippen LogP contribution in [0.5, 0.6) is 0 Å². The number of rotatable bonds is 7. The van der Waals surface area contributed by atoms with E-state index in [1.165, 1.54) is 11.3 Å². The molecular weight excluding hydrogens is 302 g/mol. The van der Waals surface area contributed by atoms with E-state index < -0.39 is 0 Å². The van der Waals surface area contributed by atoms with E-state index in [4.69, 9.17) is 5.73 Å². The van der Waals surface area contributed by atoms with Gasteiger partial charge in [0.1, 0.15) is 0 Å². The molecule has 3 nitrogen and oxygen atoms in total. The second-order valence-corrected chi connectivity index (χ2v) is 6.23. The van der Waals surface area contributed by atoms with Crippen molar-refractivity contribution in [3.63, 3.8) is 0 Å². The van der Waals surface area contributed by atoms with Gasteiger partial charge in [-0.25, -0.2) is 0 Å². The van der Waals surface area contributed by atoms with Crippen LogP contribution in [0.25, 0.3) is 0 Å². The number of anilines is 1. The van der Waals surface area contributed by atoms with Crippen molar-refractivity contribution in [3.8, 4) is 0 Å². The van der Waals surface area contributed by atoms with Crippen LogP contribution in [0.3, 0.4) is 0 Å². The van der Waals surface area contributed by atoms with E-state index in [1.54, 1.807) is 0 Å². The van der Waals surface area contributed by atoms with Crippen LogP contribution in [-0.4, -0.2) is 45.2 Å². The molecule has 0 aliphatic rings. The predicted molar refractivity (Wildman–Crippen MR) is 87.9 cm³/mol. The summed E-state index contributed by atoms with van der Waals surface area (Å²) in [6.07, 6.45) is 1.94. The number of nitrogens with zero attached hydrogens (tertiary/aromatic N) is 2. The van der Waals surface area contributed by atoms with Crippen LogP contribution in [-0.2, 0) is 6.42 Å². The Kier molecular flexibility index (Phi) is 6.83. The van der Waals surface area contributed by atoms with Gasteiger partial charge < -0.3 is 15.5 Å². The van der Waals surface area contributed by atoms with Crippen molar-refractivity contribution in [2.75, 3.05) is 39.1 Å². The summed E-state index contributed by atoms with van der Waals surface area (Å²) in [5, 5.41) is 0. The molecule has 0 saturated heterocycles. The summed E-state index contributed by atoms with van der Waals surface area (Å²) in [4.78, 5) is 4.47. The molecule has 0 bridgehead atoms. The van der Waals surface area contributed by atoms with E-state index in [-0.39, 0.29) is 6.04 Å². The minimum atomic E-state index is 0.244. The molecule has 0 fully saturated rings. The first-order chi connectivity index (χ1) is 8.93. The molecule has 0 radical (unpaired) electrons. The molecule has 2 N–H and O–H groups in total. The molecular formula is C15H26BrN3. The summed E-state index contributed by atoms with van der Waals surface area (Å²) in [6.45, 7) is 4.20. The fraction of sp³-hybridized carbons (Fsp3) is 0.600. The van der Waals surface area contributed by atoms with E-state index in [0.717, 1.165) is 30.4 Å². The van der Waals surface area contributed by atoms with Crippen LogP contribution in [0.1, 0.15) is 18.9 Å². The smallest absolute Gasteiger partial charge is 0.0375 e. The number of hydrogen-bond acceptors (Lipinski definition) is 3. The molecule has 108 valence electrons. The monoisotopic (exact) mass is 327 g/mol. The summed E-state index contributed by atoms with van der Waals surface area (Å²) in [6, 6.07) is 6.79. The topological polar surface area (TPSA) is 32.5 Å². The molecule has 0 amide bonds. The number of halogens is 1. The van der Waals surface area contributed by atoms with E-state index >= 15 is 0 Å². The van der Waals surface area contributed by atoms with Gasteiger partial charge in [0.25, 0.3) is 0 Å². The molecule has 0 saturated carbocycles. The lowest BCUT2D eigenvalue weighted by Gasteiger charge is -2.22. The van der Waals surface area contributed by atoms with Crippen molar-refractivity contribution in [2.24, 2.45) is 5.73 Å². The third-order valence-corrected chi connectivity index (χ3v) is 4.10. The predicted octanol–water partition coefficient (Wildman–Crippen LogP) is 2.73. The molecule has 1 rings (SSSR count). The molecule has 1 unspecified atom stereocenters. The van der Waals surface area contributed by atoms with Crippen LogP contribution in [0.15, 0.2) is 22.7 Å². The van der Waals surface area contributed by atoms with Gasteiger partial charge in [0.05, 0.1) is 0 Å². The molecule has 1 aromatic carbocycles. The van der Waals surface area contributed by atoms with Gasteiger partial charge in [-0.1, -0.05) is 28.9 Å². The van der Waals surface area contributed by atoms with Crippen LogP contribution in [0.4, 0.5) is 5.69 Å². The molecule has 0 aliphatic carbocycles. The number of hydrogen-bond donors (Lipinski definition) is 1. The van der Waals surface area contributed by atoms with E-state index in [1.807, 2.05) is 0 Å². The van der Waals surface area contributed by atoms with Crippen molar-refractivity contribution in [1.82, 2.24) is 4.90 Å². The molecule has 0 aromatic heterocycles. The van der Waals surface area contributed by atoms with E-state index in [9.17, 15) is 0 Å². The zero-order chi connectivity index (χ0) is 14.4. The minimum absolute atomic E-state index is 0.244. The molecule has 19 heavy (non-hydrogen) atoms. The van der Waals surface area contributed by atoms with Crippen LogP contribution >= 0.6 is 15.9 Å². The Hall–Kier alpha value is -0.580. The molecule has 0 aliphatic heterocycles. The first-order valence-corrected chi connectivity index (χ1v) is 7.63. The van der Waals surface area contributed by atoms with Gasteiger partial charge in [0.15, 0.2) is 0 Å². The first kappa shape index (κ1) is 16.5. The number of likely N-dealkylation sites (N-methyl/N-ethyl adjacent to an activating group) is 2. The highest BCUT2D eigenvalue weighted by molar-refractivity contribution is 9.10. The minimum Gasteiger partial charge on any atom is -0.373 e. The molecule has 1 aromatic rings. The summed E-state index contributed by atoms with van der Waals surface area (Å²) >= 11 is 3.66. The van der Waals surface area contributed by atoms with Gasteiger partial charge in [-0.3, -0.25) is 0 Å². The quantitative estimate of drug-likeness (QED) is 0.835. The normalized spacial score (nSPS) is 12.8. The average Bonchev–Trinajstić information content (AvgIpc) is 2.37. The lowest BCUT2D eigenvalue weighted by molar-refractivity contribution is 0.416. The van der Waals surface area contributed by atoms with Crippen molar-refractivity contribution < 1.29 is 0 Å². The van der Waals surface area contributed by atoms with Gasteiger partial charge >= 0.3 is 0 Å². The lowest BCUT2D eigenvalue weighted by Crippen LogP contribution is -2.28. The highest BCUT2D eigenvalue weighted by Gasteiger charge is 2.08. The van der Waals surface area contributed by atoms with Crippen molar-refractivity contribution in [2.45, 2.75) is 25.8 Å². The Balaban J connectivity index is 2.70. The Bertz CT molecular complexity index is 393. The van der Waals surface area contributed by atoms with Crippen LogP contribution in [0, 0.1) is 0 Å². The maximum Gasteiger partial charge on any atom is 0.0375 e. The lowest BCUT2D eigenvalue weighted by atomic mass is 10.0. The Morgan fingerprint density at radius 2 is 1.89 bits per heavy atom. The van der Waals surface area contributed by atoms with E-state index in [0.29, 0.717) is 0 Å². The van der Waals surface area contributed by atoms with Crippen molar-refractivity contribution in [3.05, 3.63) is 28.2 Å². The number of benzene rings is 1. The Labute approximate surface area is 125 Å². The van der Waals surface area contributed by atoms with Crippen LogP contribution < -0.4 is 10.6 Å².